The summed E-state index contributed by atoms with van der Waals surface area (Å²) in [7, 11) is 1.23. The number of rotatable bonds is 5. The minimum absolute atomic E-state index is 0.404. The lowest BCUT2D eigenvalue weighted by Crippen LogP contribution is -2.41. The Morgan fingerprint density at radius 2 is 2.12 bits per heavy atom. The summed E-state index contributed by atoms with van der Waals surface area (Å²) in [6.45, 7) is 4.82. The van der Waals surface area contributed by atoms with Crippen molar-refractivity contribution >= 4 is 10.8 Å². The van der Waals surface area contributed by atoms with Crippen molar-refractivity contribution in [1.82, 2.24) is 10.2 Å². The Morgan fingerprint density at radius 3 is 2.62 bits per heavy atom. The Bertz CT molecular complexity index is 279. The molecule has 0 spiro atoms. The van der Waals surface area contributed by atoms with Crippen LogP contribution in [-0.2, 0) is 10.8 Å². The molecule has 0 saturated carbocycles. The highest BCUT2D eigenvalue weighted by Gasteiger charge is 2.21. The van der Waals surface area contributed by atoms with Crippen LogP contribution in [0.3, 0.4) is 0 Å². The molecule has 1 fully saturated rings. The zero-order chi connectivity index (χ0) is 12.0. The summed E-state index contributed by atoms with van der Waals surface area (Å²) >= 11 is 0. The zero-order valence-corrected chi connectivity index (χ0v) is 11.0. The van der Waals surface area contributed by atoms with E-state index in [1.807, 2.05) is 14.0 Å². The van der Waals surface area contributed by atoms with E-state index in [4.69, 9.17) is 5.26 Å². The SMILES string of the molecule is CNC(C)(C#N)CCCN1CCS(=O)CC1. The van der Waals surface area contributed by atoms with E-state index in [-0.39, 0.29) is 0 Å². The van der Waals surface area contributed by atoms with Gasteiger partial charge in [-0.05, 0) is 33.4 Å². The van der Waals surface area contributed by atoms with Crippen molar-refractivity contribution in [3.05, 3.63) is 0 Å². The van der Waals surface area contributed by atoms with Crippen LogP contribution in [0, 0.1) is 11.3 Å². The summed E-state index contributed by atoms with van der Waals surface area (Å²) in [4.78, 5) is 2.34. The van der Waals surface area contributed by atoms with Crippen molar-refractivity contribution in [2.24, 2.45) is 0 Å². The van der Waals surface area contributed by atoms with Crippen molar-refractivity contribution in [3.8, 4) is 6.07 Å². The summed E-state index contributed by atoms with van der Waals surface area (Å²) < 4.78 is 11.2. The van der Waals surface area contributed by atoms with Gasteiger partial charge in [-0.15, -0.1) is 0 Å². The fourth-order valence-electron chi connectivity index (χ4n) is 1.79. The maximum atomic E-state index is 11.2. The predicted octanol–water partition coefficient (Wildman–Crippen LogP) is 0.333. The van der Waals surface area contributed by atoms with E-state index in [0.29, 0.717) is 0 Å². The average Bonchev–Trinajstić information content (AvgIpc) is 2.31. The van der Waals surface area contributed by atoms with E-state index in [9.17, 15) is 4.21 Å². The number of nitrogens with zero attached hydrogens (tertiary/aromatic N) is 2. The third-order valence-corrected chi connectivity index (χ3v) is 4.50. The number of nitrogens with one attached hydrogen (secondary N) is 1. The summed E-state index contributed by atoms with van der Waals surface area (Å²) in [5.41, 5.74) is -0.404. The largest absolute Gasteiger partial charge is 0.303 e. The Hall–Kier alpha value is -0.440. The third kappa shape index (κ3) is 4.20. The quantitative estimate of drug-likeness (QED) is 0.756. The molecule has 0 bridgehead atoms. The van der Waals surface area contributed by atoms with Crippen molar-refractivity contribution in [2.45, 2.75) is 25.3 Å². The van der Waals surface area contributed by atoms with Gasteiger partial charge in [0.25, 0.3) is 0 Å². The van der Waals surface area contributed by atoms with Crippen LogP contribution >= 0.6 is 0 Å². The molecule has 1 atom stereocenters. The van der Waals surface area contributed by atoms with E-state index in [0.717, 1.165) is 44.0 Å². The van der Waals surface area contributed by atoms with Crippen LogP contribution in [0.15, 0.2) is 0 Å². The second-order valence-electron chi connectivity index (χ2n) is 4.49. The van der Waals surface area contributed by atoms with Gasteiger partial charge in [-0.2, -0.15) is 5.26 Å². The molecule has 1 rings (SSSR count). The topological polar surface area (TPSA) is 56.1 Å². The van der Waals surface area contributed by atoms with E-state index >= 15 is 0 Å². The van der Waals surface area contributed by atoms with E-state index in [1.54, 1.807) is 0 Å². The van der Waals surface area contributed by atoms with Gasteiger partial charge in [-0.25, -0.2) is 0 Å². The fourth-order valence-corrected chi connectivity index (χ4v) is 2.92. The fraction of sp³-hybridized carbons (Fsp3) is 0.909. The van der Waals surface area contributed by atoms with Gasteiger partial charge >= 0.3 is 0 Å². The van der Waals surface area contributed by atoms with Crippen molar-refractivity contribution in [1.29, 1.82) is 5.26 Å². The number of hydrogen-bond acceptors (Lipinski definition) is 4. The first-order chi connectivity index (χ1) is 7.59. The smallest absolute Gasteiger partial charge is 0.103 e. The molecule has 0 aromatic heterocycles. The molecule has 1 unspecified atom stereocenters. The third-order valence-electron chi connectivity index (χ3n) is 3.22. The Morgan fingerprint density at radius 1 is 1.50 bits per heavy atom. The molecule has 0 aromatic carbocycles. The second kappa shape index (κ2) is 6.33. The van der Waals surface area contributed by atoms with Gasteiger partial charge in [-0.1, -0.05) is 0 Å². The Labute approximate surface area is 100 Å². The molecule has 0 radical (unpaired) electrons. The maximum Gasteiger partial charge on any atom is 0.103 e. The summed E-state index contributed by atoms with van der Waals surface area (Å²) in [6.07, 6.45) is 1.87. The lowest BCUT2D eigenvalue weighted by molar-refractivity contribution is 0.280. The predicted molar refractivity (Wildman–Crippen MR) is 66.6 cm³/mol. The van der Waals surface area contributed by atoms with E-state index < -0.39 is 16.3 Å². The highest BCUT2D eigenvalue weighted by Crippen LogP contribution is 2.11. The molecule has 4 nitrogen and oxygen atoms in total. The van der Waals surface area contributed by atoms with Gasteiger partial charge in [0.05, 0.1) is 6.07 Å². The molecule has 1 aliphatic rings. The first-order valence-electron chi connectivity index (χ1n) is 5.77. The van der Waals surface area contributed by atoms with Crippen molar-refractivity contribution < 1.29 is 4.21 Å². The summed E-state index contributed by atoms with van der Waals surface area (Å²) in [6, 6.07) is 2.29. The van der Waals surface area contributed by atoms with Crippen LogP contribution in [0.25, 0.3) is 0 Å². The first kappa shape index (κ1) is 13.6. The standard InChI is InChI=1S/C11H21N3OS/c1-11(10-12,13-2)4-3-5-14-6-8-16(15)9-7-14/h13H,3-9H2,1-2H3. The van der Waals surface area contributed by atoms with Crippen LogP contribution in [0.2, 0.25) is 0 Å². The van der Waals surface area contributed by atoms with Crippen molar-refractivity contribution in [2.75, 3.05) is 38.2 Å². The zero-order valence-electron chi connectivity index (χ0n) is 10.2. The molecule has 1 heterocycles. The Kier molecular flexibility index (Phi) is 5.39. The highest BCUT2D eigenvalue weighted by molar-refractivity contribution is 7.85. The molecule has 0 amide bonds. The van der Waals surface area contributed by atoms with E-state index in [1.165, 1.54) is 0 Å². The highest BCUT2D eigenvalue weighted by atomic mass is 32.2. The molecular weight excluding hydrogens is 222 g/mol. The van der Waals surface area contributed by atoms with Crippen LogP contribution in [-0.4, -0.2) is 52.8 Å². The number of hydrogen-bond donors (Lipinski definition) is 1. The normalized spacial score (nSPS) is 22.6. The first-order valence-corrected chi connectivity index (χ1v) is 7.26. The molecule has 0 aliphatic carbocycles. The average molecular weight is 243 g/mol. The van der Waals surface area contributed by atoms with E-state index in [2.05, 4.69) is 16.3 Å². The van der Waals surface area contributed by atoms with Gasteiger partial charge in [0.15, 0.2) is 0 Å². The molecular formula is C11H21N3OS. The molecule has 1 aliphatic heterocycles. The Balaban J connectivity index is 2.21. The van der Waals surface area contributed by atoms with Crippen LogP contribution in [0.5, 0.6) is 0 Å². The van der Waals surface area contributed by atoms with Gasteiger partial charge in [0.2, 0.25) is 0 Å². The summed E-state index contributed by atoms with van der Waals surface area (Å²) in [5.74, 6) is 1.61. The minimum Gasteiger partial charge on any atom is -0.303 e. The van der Waals surface area contributed by atoms with Crippen LogP contribution < -0.4 is 5.32 Å². The second-order valence-corrected chi connectivity index (χ2v) is 6.18. The molecule has 5 heteroatoms. The van der Waals surface area contributed by atoms with Gasteiger partial charge in [-0.3, -0.25) is 4.21 Å². The van der Waals surface area contributed by atoms with Crippen molar-refractivity contribution in [3.63, 3.8) is 0 Å². The minimum atomic E-state index is -0.593. The number of nitriles is 1. The van der Waals surface area contributed by atoms with Gasteiger partial charge in [0, 0.05) is 35.4 Å². The maximum absolute atomic E-state index is 11.2. The monoisotopic (exact) mass is 243 g/mol. The molecule has 1 N–H and O–H groups in total. The van der Waals surface area contributed by atoms with Crippen LogP contribution in [0.1, 0.15) is 19.8 Å². The van der Waals surface area contributed by atoms with Gasteiger partial charge in [0.1, 0.15) is 5.54 Å². The molecule has 92 valence electrons. The van der Waals surface area contributed by atoms with Crippen LogP contribution in [0.4, 0.5) is 0 Å². The summed E-state index contributed by atoms with van der Waals surface area (Å²) in [5, 5.41) is 12.0. The lowest BCUT2D eigenvalue weighted by Gasteiger charge is -2.27. The lowest BCUT2D eigenvalue weighted by atomic mass is 9.98. The van der Waals surface area contributed by atoms with Gasteiger partial charge < -0.3 is 10.2 Å². The molecule has 0 aromatic rings. The molecule has 16 heavy (non-hydrogen) atoms. The molecule has 1 saturated heterocycles.